The summed E-state index contributed by atoms with van der Waals surface area (Å²) in [6.45, 7) is 3.95. The SMILES string of the molecule is Cc1cccc(Nc2nnc(SCC(=O)N(C)C(C)c3ccc(F)cc3)s2)c1. The van der Waals surface area contributed by atoms with Gasteiger partial charge in [0, 0.05) is 12.7 Å². The highest BCUT2D eigenvalue weighted by atomic mass is 32.2. The number of nitrogens with one attached hydrogen (secondary N) is 1. The van der Waals surface area contributed by atoms with Gasteiger partial charge in [-0.15, -0.1) is 10.2 Å². The number of halogens is 1. The maximum atomic E-state index is 13.1. The molecule has 28 heavy (non-hydrogen) atoms. The van der Waals surface area contributed by atoms with Gasteiger partial charge in [-0.3, -0.25) is 4.79 Å². The van der Waals surface area contributed by atoms with E-state index in [1.54, 1.807) is 24.1 Å². The van der Waals surface area contributed by atoms with Gasteiger partial charge in [0.1, 0.15) is 5.82 Å². The number of aromatic nitrogens is 2. The summed E-state index contributed by atoms with van der Waals surface area (Å²) >= 11 is 2.77. The van der Waals surface area contributed by atoms with Crippen molar-refractivity contribution < 1.29 is 9.18 Å². The van der Waals surface area contributed by atoms with Crippen molar-refractivity contribution in [1.82, 2.24) is 15.1 Å². The van der Waals surface area contributed by atoms with Crippen molar-refractivity contribution in [1.29, 1.82) is 0 Å². The molecular formula is C20H21FN4OS2. The Morgan fingerprint density at radius 3 is 2.71 bits per heavy atom. The molecule has 3 aromatic rings. The van der Waals surface area contributed by atoms with Gasteiger partial charge in [-0.1, -0.05) is 47.4 Å². The average molecular weight is 417 g/mol. The second-order valence-electron chi connectivity index (χ2n) is 6.39. The summed E-state index contributed by atoms with van der Waals surface area (Å²) in [7, 11) is 1.75. The summed E-state index contributed by atoms with van der Waals surface area (Å²) in [6, 6.07) is 14.1. The van der Waals surface area contributed by atoms with Crippen molar-refractivity contribution in [3.05, 3.63) is 65.5 Å². The molecule has 8 heteroatoms. The van der Waals surface area contributed by atoms with E-state index in [2.05, 4.69) is 15.5 Å². The standard InChI is InChI=1S/C20H21FN4OS2/c1-13-5-4-6-17(11-13)22-19-23-24-20(28-19)27-12-18(26)25(3)14(2)15-7-9-16(21)10-8-15/h4-11,14H,12H2,1-3H3,(H,22,23). The maximum absolute atomic E-state index is 13.1. The quantitative estimate of drug-likeness (QED) is 0.547. The lowest BCUT2D eigenvalue weighted by molar-refractivity contribution is -0.128. The fourth-order valence-electron chi connectivity index (χ4n) is 2.57. The van der Waals surface area contributed by atoms with Gasteiger partial charge in [-0.05, 0) is 49.2 Å². The summed E-state index contributed by atoms with van der Waals surface area (Å²) < 4.78 is 13.8. The number of benzene rings is 2. The molecule has 0 aliphatic rings. The number of carbonyl (C=O) groups excluding carboxylic acids is 1. The van der Waals surface area contributed by atoms with E-state index in [1.807, 2.05) is 38.1 Å². The monoisotopic (exact) mass is 416 g/mol. The molecule has 0 aliphatic heterocycles. The normalized spacial score (nSPS) is 11.9. The lowest BCUT2D eigenvalue weighted by Gasteiger charge is -2.25. The largest absolute Gasteiger partial charge is 0.338 e. The Bertz CT molecular complexity index is 945. The summed E-state index contributed by atoms with van der Waals surface area (Å²) in [4.78, 5) is 14.2. The molecule has 0 saturated carbocycles. The molecule has 0 fully saturated rings. The topological polar surface area (TPSA) is 58.1 Å². The second kappa shape index (κ2) is 9.16. The van der Waals surface area contributed by atoms with Gasteiger partial charge >= 0.3 is 0 Å². The third kappa shape index (κ3) is 5.30. The Kier molecular flexibility index (Phi) is 6.64. The molecule has 1 atom stereocenters. The van der Waals surface area contributed by atoms with E-state index < -0.39 is 0 Å². The van der Waals surface area contributed by atoms with Gasteiger partial charge in [0.15, 0.2) is 4.34 Å². The zero-order chi connectivity index (χ0) is 20.1. The van der Waals surface area contributed by atoms with Crippen LogP contribution in [0.5, 0.6) is 0 Å². The highest BCUT2D eigenvalue weighted by Crippen LogP contribution is 2.29. The fraction of sp³-hybridized carbons (Fsp3) is 0.250. The molecule has 0 radical (unpaired) electrons. The van der Waals surface area contributed by atoms with E-state index in [-0.39, 0.29) is 23.5 Å². The van der Waals surface area contributed by atoms with Gasteiger partial charge in [0.05, 0.1) is 11.8 Å². The van der Waals surface area contributed by atoms with E-state index in [0.29, 0.717) is 5.13 Å². The van der Waals surface area contributed by atoms with Crippen LogP contribution in [0.15, 0.2) is 52.9 Å². The Labute approximate surface area is 172 Å². The predicted molar refractivity (Wildman–Crippen MR) is 113 cm³/mol. The number of hydrogen-bond donors (Lipinski definition) is 1. The lowest BCUT2D eigenvalue weighted by atomic mass is 10.1. The molecule has 1 amide bonds. The molecule has 5 nitrogen and oxygen atoms in total. The molecule has 1 heterocycles. The van der Waals surface area contributed by atoms with Crippen LogP contribution in [0.1, 0.15) is 24.1 Å². The van der Waals surface area contributed by atoms with Gasteiger partial charge in [-0.25, -0.2) is 4.39 Å². The van der Waals surface area contributed by atoms with Crippen molar-refractivity contribution in [3.8, 4) is 0 Å². The molecular weight excluding hydrogens is 395 g/mol. The van der Waals surface area contributed by atoms with E-state index in [1.165, 1.54) is 35.2 Å². The number of amides is 1. The van der Waals surface area contributed by atoms with Crippen molar-refractivity contribution in [2.75, 3.05) is 18.1 Å². The molecule has 1 unspecified atom stereocenters. The molecule has 2 aromatic carbocycles. The van der Waals surface area contributed by atoms with Gasteiger partial charge in [-0.2, -0.15) is 0 Å². The molecule has 1 aromatic heterocycles. The van der Waals surface area contributed by atoms with Crippen molar-refractivity contribution in [2.24, 2.45) is 0 Å². The third-order valence-corrected chi connectivity index (χ3v) is 6.28. The van der Waals surface area contributed by atoms with Crippen LogP contribution in [-0.2, 0) is 4.79 Å². The lowest BCUT2D eigenvalue weighted by Crippen LogP contribution is -2.31. The molecule has 0 bridgehead atoms. The Morgan fingerprint density at radius 2 is 2.00 bits per heavy atom. The predicted octanol–water partition coefficient (Wildman–Crippen LogP) is 5.04. The number of thioether (sulfide) groups is 1. The van der Waals surface area contributed by atoms with E-state index >= 15 is 0 Å². The summed E-state index contributed by atoms with van der Waals surface area (Å²) in [5.74, 6) is -0.0433. The van der Waals surface area contributed by atoms with Gasteiger partial charge in [0.2, 0.25) is 11.0 Å². The van der Waals surface area contributed by atoms with Gasteiger partial charge < -0.3 is 10.2 Å². The molecule has 0 spiro atoms. The summed E-state index contributed by atoms with van der Waals surface area (Å²) in [6.07, 6.45) is 0. The zero-order valence-corrected chi connectivity index (χ0v) is 17.5. The second-order valence-corrected chi connectivity index (χ2v) is 8.59. The first kappa shape index (κ1) is 20.3. The van der Waals surface area contributed by atoms with Crippen molar-refractivity contribution >= 4 is 39.8 Å². The Balaban J connectivity index is 1.54. The Hall–Kier alpha value is -2.45. The Morgan fingerprint density at radius 1 is 1.25 bits per heavy atom. The van der Waals surface area contributed by atoms with E-state index in [9.17, 15) is 9.18 Å². The first-order valence-electron chi connectivity index (χ1n) is 8.73. The first-order valence-corrected chi connectivity index (χ1v) is 10.5. The highest BCUT2D eigenvalue weighted by molar-refractivity contribution is 8.01. The van der Waals surface area contributed by atoms with Crippen molar-refractivity contribution in [3.63, 3.8) is 0 Å². The first-order chi connectivity index (χ1) is 13.4. The summed E-state index contributed by atoms with van der Waals surface area (Å²) in [5, 5.41) is 12.2. The smallest absolute Gasteiger partial charge is 0.233 e. The number of rotatable bonds is 7. The summed E-state index contributed by atoms with van der Waals surface area (Å²) in [5.41, 5.74) is 3.01. The zero-order valence-electron chi connectivity index (χ0n) is 15.8. The van der Waals surface area contributed by atoms with Crippen LogP contribution in [0.25, 0.3) is 0 Å². The van der Waals surface area contributed by atoms with Crippen LogP contribution in [0, 0.1) is 12.7 Å². The minimum atomic E-state index is -0.285. The molecule has 1 N–H and O–H groups in total. The minimum Gasteiger partial charge on any atom is -0.338 e. The van der Waals surface area contributed by atoms with Crippen molar-refractivity contribution in [2.45, 2.75) is 24.2 Å². The van der Waals surface area contributed by atoms with Crippen LogP contribution >= 0.6 is 23.1 Å². The third-order valence-electron chi connectivity index (χ3n) is 4.32. The number of hydrogen-bond acceptors (Lipinski definition) is 6. The van der Waals surface area contributed by atoms with Crippen LogP contribution in [0.3, 0.4) is 0 Å². The number of aryl methyl sites for hydroxylation is 1. The number of carbonyl (C=O) groups is 1. The fourth-order valence-corrected chi connectivity index (χ4v) is 4.27. The highest BCUT2D eigenvalue weighted by Gasteiger charge is 2.18. The van der Waals surface area contributed by atoms with E-state index in [4.69, 9.17) is 0 Å². The van der Waals surface area contributed by atoms with Crippen LogP contribution < -0.4 is 5.32 Å². The van der Waals surface area contributed by atoms with Crippen LogP contribution in [0.2, 0.25) is 0 Å². The van der Waals surface area contributed by atoms with E-state index in [0.717, 1.165) is 21.2 Å². The molecule has 3 rings (SSSR count). The number of anilines is 2. The van der Waals surface area contributed by atoms with Gasteiger partial charge in [0.25, 0.3) is 0 Å². The van der Waals surface area contributed by atoms with Crippen LogP contribution in [-0.4, -0.2) is 33.8 Å². The number of nitrogens with zero attached hydrogens (tertiary/aromatic N) is 3. The minimum absolute atomic E-state index is 0.0229. The molecule has 0 saturated heterocycles. The maximum Gasteiger partial charge on any atom is 0.233 e. The molecule has 146 valence electrons. The van der Waals surface area contributed by atoms with Crippen LogP contribution in [0.4, 0.5) is 15.2 Å². The average Bonchev–Trinajstić information content (AvgIpc) is 3.13. The molecule has 0 aliphatic carbocycles.